The molecule has 0 aliphatic carbocycles. The molecule has 0 spiro atoms. The smallest absolute Gasteiger partial charge is 0.0589 e. The van der Waals surface area contributed by atoms with E-state index in [9.17, 15) is 0 Å². The van der Waals surface area contributed by atoms with Crippen LogP contribution >= 0.6 is 0 Å². The van der Waals surface area contributed by atoms with Crippen molar-refractivity contribution >= 4 is 0 Å². The fourth-order valence-corrected chi connectivity index (χ4v) is 2.59. The average Bonchev–Trinajstić information content (AvgIpc) is 2.37. The lowest BCUT2D eigenvalue weighted by Crippen LogP contribution is -2.54. The van der Waals surface area contributed by atoms with Crippen LogP contribution < -0.4 is 0 Å². The van der Waals surface area contributed by atoms with E-state index in [4.69, 9.17) is 4.74 Å². The van der Waals surface area contributed by atoms with Gasteiger partial charge in [0, 0.05) is 59.5 Å². The maximum absolute atomic E-state index is 5.09. The largest absolute Gasteiger partial charge is 0.383 e. The van der Waals surface area contributed by atoms with Crippen molar-refractivity contribution in [1.29, 1.82) is 0 Å². The number of ether oxygens (including phenoxy) is 1. The monoisotopic (exact) mass is 257 g/mol. The molecule has 18 heavy (non-hydrogen) atoms. The summed E-state index contributed by atoms with van der Waals surface area (Å²) in [5.74, 6) is 0.903. The number of hydrogen-bond donors (Lipinski definition) is 0. The van der Waals surface area contributed by atoms with Crippen molar-refractivity contribution in [2.24, 2.45) is 5.92 Å². The first-order chi connectivity index (χ1) is 8.78. The topological polar surface area (TPSA) is 19.0 Å². The maximum Gasteiger partial charge on any atom is 0.0589 e. The van der Waals surface area contributed by atoms with Crippen LogP contribution in [0.3, 0.4) is 0 Å². The zero-order valence-electron chi connectivity index (χ0n) is 12.7. The lowest BCUT2D eigenvalue weighted by Gasteiger charge is -2.43. The lowest BCUT2D eigenvalue weighted by atomic mass is 9.99. The van der Waals surface area contributed by atoms with Gasteiger partial charge in [0.25, 0.3) is 0 Å². The number of likely N-dealkylation sites (N-methyl/N-ethyl adjacent to an activating group) is 1. The van der Waals surface area contributed by atoms with E-state index in [0.717, 1.165) is 19.1 Å². The van der Waals surface area contributed by atoms with E-state index in [-0.39, 0.29) is 0 Å². The van der Waals surface area contributed by atoms with Crippen molar-refractivity contribution in [1.82, 2.24) is 14.7 Å². The SMILES string of the molecule is CC.COCCN1CC(CN2CCN(C)CC2)C1. The Kier molecular flexibility index (Phi) is 7.82. The molecule has 2 rings (SSSR count). The summed E-state index contributed by atoms with van der Waals surface area (Å²) in [6.07, 6.45) is 0. The van der Waals surface area contributed by atoms with Crippen LogP contribution in [0.15, 0.2) is 0 Å². The first kappa shape index (κ1) is 15.9. The molecule has 0 aromatic carbocycles. The fourth-order valence-electron chi connectivity index (χ4n) is 2.59. The second kappa shape index (κ2) is 8.86. The van der Waals surface area contributed by atoms with Gasteiger partial charge in [0.05, 0.1) is 6.61 Å². The van der Waals surface area contributed by atoms with E-state index >= 15 is 0 Å². The molecule has 0 radical (unpaired) electrons. The van der Waals surface area contributed by atoms with Gasteiger partial charge in [-0.05, 0) is 13.0 Å². The van der Waals surface area contributed by atoms with E-state index in [1.54, 1.807) is 7.11 Å². The van der Waals surface area contributed by atoms with Crippen LogP contribution in [-0.4, -0.2) is 87.8 Å². The van der Waals surface area contributed by atoms with Gasteiger partial charge in [0.15, 0.2) is 0 Å². The van der Waals surface area contributed by atoms with Gasteiger partial charge in [-0.1, -0.05) is 13.8 Å². The summed E-state index contributed by atoms with van der Waals surface area (Å²) in [6.45, 7) is 14.8. The van der Waals surface area contributed by atoms with Gasteiger partial charge in [0.1, 0.15) is 0 Å². The summed E-state index contributed by atoms with van der Waals surface area (Å²) in [7, 11) is 3.99. The highest BCUT2D eigenvalue weighted by molar-refractivity contribution is 4.83. The molecule has 2 fully saturated rings. The molecule has 4 heteroatoms. The number of rotatable bonds is 5. The summed E-state index contributed by atoms with van der Waals surface area (Å²) >= 11 is 0. The standard InChI is InChI=1S/C12H25N3O.C2H6/c1-13-3-5-14(6-4-13)9-12-10-15(11-12)7-8-16-2;1-2/h12H,3-11H2,1-2H3;1-2H3. The summed E-state index contributed by atoms with van der Waals surface area (Å²) < 4.78 is 5.09. The molecule has 0 aromatic heterocycles. The minimum atomic E-state index is 0.876. The van der Waals surface area contributed by atoms with E-state index < -0.39 is 0 Å². The van der Waals surface area contributed by atoms with Gasteiger partial charge in [0.2, 0.25) is 0 Å². The number of likely N-dealkylation sites (tertiary alicyclic amines) is 1. The third-order valence-corrected chi connectivity index (χ3v) is 3.76. The molecular formula is C14H31N3O. The van der Waals surface area contributed by atoms with Crippen molar-refractivity contribution in [3.63, 3.8) is 0 Å². The van der Waals surface area contributed by atoms with Crippen molar-refractivity contribution in [2.75, 3.05) is 73.1 Å². The first-order valence-corrected chi connectivity index (χ1v) is 7.40. The van der Waals surface area contributed by atoms with Gasteiger partial charge < -0.3 is 19.4 Å². The molecule has 2 saturated heterocycles. The fraction of sp³-hybridized carbons (Fsp3) is 1.00. The van der Waals surface area contributed by atoms with Crippen LogP contribution in [0.1, 0.15) is 13.8 Å². The van der Waals surface area contributed by atoms with Gasteiger partial charge in [-0.15, -0.1) is 0 Å². The predicted molar refractivity (Wildman–Crippen MR) is 77.1 cm³/mol. The molecule has 108 valence electrons. The molecular weight excluding hydrogens is 226 g/mol. The quantitative estimate of drug-likeness (QED) is 0.726. The van der Waals surface area contributed by atoms with E-state index in [1.807, 2.05) is 13.8 Å². The molecule has 4 nitrogen and oxygen atoms in total. The number of nitrogens with zero attached hydrogens (tertiary/aromatic N) is 3. The van der Waals surface area contributed by atoms with Crippen LogP contribution in [0.2, 0.25) is 0 Å². The van der Waals surface area contributed by atoms with Crippen LogP contribution in [-0.2, 0) is 4.74 Å². The Balaban J connectivity index is 0.000000771. The van der Waals surface area contributed by atoms with E-state index in [0.29, 0.717) is 0 Å². The molecule has 0 aromatic rings. The zero-order valence-corrected chi connectivity index (χ0v) is 12.7. The third-order valence-electron chi connectivity index (χ3n) is 3.76. The van der Waals surface area contributed by atoms with Crippen molar-refractivity contribution in [3.8, 4) is 0 Å². The molecule has 0 bridgehead atoms. The molecule has 2 aliphatic rings. The lowest BCUT2D eigenvalue weighted by molar-refractivity contribution is 0.0338. The molecule has 0 saturated carbocycles. The molecule has 0 N–H and O–H groups in total. The zero-order chi connectivity index (χ0) is 13.4. The maximum atomic E-state index is 5.09. The van der Waals surface area contributed by atoms with Crippen LogP contribution in [0.4, 0.5) is 0 Å². The summed E-state index contributed by atoms with van der Waals surface area (Å²) in [6, 6.07) is 0. The van der Waals surface area contributed by atoms with Crippen molar-refractivity contribution < 1.29 is 4.74 Å². The minimum Gasteiger partial charge on any atom is -0.383 e. The van der Waals surface area contributed by atoms with Crippen molar-refractivity contribution in [3.05, 3.63) is 0 Å². The highest BCUT2D eigenvalue weighted by Gasteiger charge is 2.28. The Morgan fingerprint density at radius 2 is 1.61 bits per heavy atom. The predicted octanol–water partition coefficient (Wildman–Crippen LogP) is 0.838. The van der Waals surface area contributed by atoms with E-state index in [2.05, 4.69) is 21.7 Å². The molecule has 0 amide bonds. The second-order valence-electron chi connectivity index (χ2n) is 5.22. The van der Waals surface area contributed by atoms with Gasteiger partial charge in [-0.3, -0.25) is 0 Å². The van der Waals surface area contributed by atoms with Gasteiger partial charge in [-0.25, -0.2) is 0 Å². The van der Waals surface area contributed by atoms with Crippen molar-refractivity contribution in [2.45, 2.75) is 13.8 Å². The highest BCUT2D eigenvalue weighted by atomic mass is 16.5. The van der Waals surface area contributed by atoms with Gasteiger partial charge in [-0.2, -0.15) is 0 Å². The number of hydrogen-bond acceptors (Lipinski definition) is 4. The van der Waals surface area contributed by atoms with Crippen LogP contribution in [0, 0.1) is 5.92 Å². The second-order valence-corrected chi connectivity index (χ2v) is 5.22. The average molecular weight is 257 g/mol. The van der Waals surface area contributed by atoms with Crippen LogP contribution in [0.5, 0.6) is 0 Å². The summed E-state index contributed by atoms with van der Waals surface area (Å²) in [5.41, 5.74) is 0. The number of piperazine rings is 1. The summed E-state index contributed by atoms with van der Waals surface area (Å²) in [5, 5.41) is 0. The minimum absolute atomic E-state index is 0.876. The number of methoxy groups -OCH3 is 1. The Labute approximate surface area is 113 Å². The Morgan fingerprint density at radius 3 is 2.17 bits per heavy atom. The Morgan fingerprint density at radius 1 is 1.00 bits per heavy atom. The molecule has 0 atom stereocenters. The Bertz CT molecular complexity index is 199. The van der Waals surface area contributed by atoms with Crippen LogP contribution in [0.25, 0.3) is 0 Å². The Hall–Kier alpha value is -0.160. The molecule has 0 unspecified atom stereocenters. The summed E-state index contributed by atoms with van der Waals surface area (Å²) in [4.78, 5) is 7.53. The highest BCUT2D eigenvalue weighted by Crippen LogP contribution is 2.16. The van der Waals surface area contributed by atoms with E-state index in [1.165, 1.54) is 45.8 Å². The first-order valence-electron chi connectivity index (χ1n) is 7.40. The normalized spacial score (nSPS) is 23.3. The van der Waals surface area contributed by atoms with Gasteiger partial charge >= 0.3 is 0 Å². The third kappa shape index (κ3) is 5.22. The molecule has 2 heterocycles. The molecule has 2 aliphatic heterocycles.